The molecular weight excluding hydrogens is 275 g/mol. The first-order valence-corrected chi connectivity index (χ1v) is 8.19. The first-order chi connectivity index (χ1) is 10.8. The van der Waals surface area contributed by atoms with E-state index in [9.17, 15) is 4.39 Å². The molecule has 0 atom stereocenters. The zero-order valence-corrected chi connectivity index (χ0v) is 13.1. The summed E-state index contributed by atoms with van der Waals surface area (Å²) in [5.41, 5.74) is 3.41. The molecule has 0 heterocycles. The van der Waals surface area contributed by atoms with Gasteiger partial charge in [0, 0.05) is 11.6 Å². The first kappa shape index (κ1) is 15.1. The van der Waals surface area contributed by atoms with Crippen LogP contribution in [0.3, 0.4) is 0 Å². The fourth-order valence-corrected chi connectivity index (χ4v) is 3.47. The second-order valence-electron chi connectivity index (χ2n) is 6.23. The highest BCUT2D eigenvalue weighted by Gasteiger charge is 2.15. The van der Waals surface area contributed by atoms with Gasteiger partial charge < -0.3 is 4.74 Å². The van der Waals surface area contributed by atoms with E-state index >= 15 is 0 Å². The number of aryl methyl sites for hydroxylation is 1. The summed E-state index contributed by atoms with van der Waals surface area (Å²) in [6, 6.07) is 13.3. The molecule has 1 saturated carbocycles. The van der Waals surface area contributed by atoms with Gasteiger partial charge in [-0.2, -0.15) is 0 Å². The van der Waals surface area contributed by atoms with Gasteiger partial charge in [-0.3, -0.25) is 0 Å². The fraction of sp³-hybridized carbons (Fsp3) is 0.400. The molecule has 0 radical (unpaired) electrons. The van der Waals surface area contributed by atoms with E-state index in [1.54, 1.807) is 13.2 Å². The van der Waals surface area contributed by atoms with Gasteiger partial charge in [0.2, 0.25) is 0 Å². The van der Waals surface area contributed by atoms with Gasteiger partial charge in [-0.15, -0.1) is 0 Å². The van der Waals surface area contributed by atoms with Crippen molar-refractivity contribution in [3.8, 4) is 16.9 Å². The van der Waals surface area contributed by atoms with E-state index < -0.39 is 0 Å². The SMILES string of the molecule is COc1cc(F)ccc1-c1cccc(CCC2CCCC2)c1. The highest BCUT2D eigenvalue weighted by Crippen LogP contribution is 2.32. The average Bonchev–Trinajstić information content (AvgIpc) is 3.06. The maximum Gasteiger partial charge on any atom is 0.129 e. The number of rotatable bonds is 5. The van der Waals surface area contributed by atoms with Crippen LogP contribution < -0.4 is 4.74 Å². The number of benzene rings is 2. The van der Waals surface area contributed by atoms with E-state index in [4.69, 9.17) is 4.74 Å². The van der Waals surface area contributed by atoms with Crippen LogP contribution in [0.1, 0.15) is 37.7 Å². The standard InChI is InChI=1S/C20H23FO/c1-22-20-14-18(21)11-12-19(20)17-8-4-7-16(13-17)10-9-15-5-2-3-6-15/h4,7-8,11-15H,2-3,5-6,9-10H2,1H3. The summed E-state index contributed by atoms with van der Waals surface area (Å²) in [5, 5.41) is 0. The molecule has 0 aliphatic heterocycles. The molecule has 0 saturated heterocycles. The van der Waals surface area contributed by atoms with Crippen molar-refractivity contribution < 1.29 is 9.13 Å². The number of hydrogen-bond donors (Lipinski definition) is 0. The number of halogens is 1. The summed E-state index contributed by atoms with van der Waals surface area (Å²) in [7, 11) is 1.59. The topological polar surface area (TPSA) is 9.23 Å². The van der Waals surface area contributed by atoms with E-state index in [-0.39, 0.29) is 5.82 Å². The van der Waals surface area contributed by atoms with Crippen molar-refractivity contribution in [1.29, 1.82) is 0 Å². The highest BCUT2D eigenvalue weighted by molar-refractivity contribution is 5.71. The fourth-order valence-electron chi connectivity index (χ4n) is 3.47. The summed E-state index contributed by atoms with van der Waals surface area (Å²) < 4.78 is 18.7. The lowest BCUT2D eigenvalue weighted by Crippen LogP contribution is -1.96. The molecule has 0 unspecified atom stereocenters. The van der Waals surface area contributed by atoms with Crippen LogP contribution in [0, 0.1) is 11.7 Å². The molecule has 1 aliphatic carbocycles. The van der Waals surface area contributed by atoms with Crippen molar-refractivity contribution in [1.82, 2.24) is 0 Å². The van der Waals surface area contributed by atoms with E-state index in [1.807, 2.05) is 0 Å². The Kier molecular flexibility index (Phi) is 4.77. The third kappa shape index (κ3) is 3.49. The number of hydrogen-bond acceptors (Lipinski definition) is 1. The normalized spacial score (nSPS) is 15.2. The van der Waals surface area contributed by atoms with Gasteiger partial charge in [0.25, 0.3) is 0 Å². The Labute approximate surface area is 132 Å². The molecule has 0 N–H and O–H groups in total. The number of ether oxygens (including phenoxy) is 1. The lowest BCUT2D eigenvalue weighted by atomic mass is 9.95. The smallest absolute Gasteiger partial charge is 0.129 e. The molecule has 1 aliphatic rings. The predicted octanol–water partition coefficient (Wildman–Crippen LogP) is 5.62. The molecule has 3 rings (SSSR count). The Balaban J connectivity index is 1.78. The quantitative estimate of drug-likeness (QED) is 0.695. The van der Waals surface area contributed by atoms with Crippen LogP contribution >= 0.6 is 0 Å². The largest absolute Gasteiger partial charge is 0.496 e. The van der Waals surface area contributed by atoms with Crippen molar-refractivity contribution >= 4 is 0 Å². The van der Waals surface area contributed by atoms with Crippen molar-refractivity contribution in [2.45, 2.75) is 38.5 Å². The average molecular weight is 298 g/mol. The maximum atomic E-state index is 13.3. The molecule has 2 heteroatoms. The van der Waals surface area contributed by atoms with Gasteiger partial charge in [0.05, 0.1) is 7.11 Å². The third-order valence-electron chi connectivity index (χ3n) is 4.72. The molecule has 22 heavy (non-hydrogen) atoms. The minimum absolute atomic E-state index is 0.266. The molecule has 0 spiro atoms. The van der Waals surface area contributed by atoms with E-state index in [0.717, 1.165) is 23.5 Å². The van der Waals surface area contributed by atoms with Crippen molar-refractivity contribution in [2.75, 3.05) is 7.11 Å². The van der Waals surface area contributed by atoms with Crippen LogP contribution in [-0.2, 0) is 6.42 Å². The second-order valence-corrected chi connectivity index (χ2v) is 6.23. The van der Waals surface area contributed by atoms with Gasteiger partial charge in [-0.1, -0.05) is 49.9 Å². The summed E-state index contributed by atoms with van der Waals surface area (Å²) in [6.07, 6.45) is 8.00. The van der Waals surface area contributed by atoms with Gasteiger partial charge >= 0.3 is 0 Å². The molecule has 1 fully saturated rings. The molecular formula is C20H23FO. The second kappa shape index (κ2) is 6.95. The van der Waals surface area contributed by atoms with Gasteiger partial charge in [0.15, 0.2) is 0 Å². The first-order valence-electron chi connectivity index (χ1n) is 8.19. The summed E-state index contributed by atoms with van der Waals surface area (Å²) in [4.78, 5) is 0. The maximum absolute atomic E-state index is 13.3. The molecule has 1 nitrogen and oxygen atoms in total. The monoisotopic (exact) mass is 298 g/mol. The van der Waals surface area contributed by atoms with Gasteiger partial charge in [0.1, 0.15) is 11.6 Å². The predicted molar refractivity (Wildman–Crippen MR) is 88.7 cm³/mol. The van der Waals surface area contributed by atoms with Crippen molar-refractivity contribution in [3.63, 3.8) is 0 Å². The van der Waals surface area contributed by atoms with Crippen molar-refractivity contribution in [2.24, 2.45) is 5.92 Å². The summed E-state index contributed by atoms with van der Waals surface area (Å²) in [6.45, 7) is 0. The summed E-state index contributed by atoms with van der Waals surface area (Å²) >= 11 is 0. The number of methoxy groups -OCH3 is 1. The Hall–Kier alpha value is -1.83. The van der Waals surface area contributed by atoms with Gasteiger partial charge in [-0.05, 0) is 42.0 Å². The minimum atomic E-state index is -0.266. The molecule has 0 amide bonds. The van der Waals surface area contributed by atoms with Crippen LogP contribution in [0.25, 0.3) is 11.1 Å². The third-order valence-corrected chi connectivity index (χ3v) is 4.72. The Morgan fingerprint density at radius 1 is 1.09 bits per heavy atom. The van der Waals surface area contributed by atoms with Crippen LogP contribution in [0.4, 0.5) is 4.39 Å². The lowest BCUT2D eigenvalue weighted by molar-refractivity contribution is 0.413. The molecule has 0 bridgehead atoms. The van der Waals surface area contributed by atoms with Crippen LogP contribution in [0.2, 0.25) is 0 Å². The van der Waals surface area contributed by atoms with Crippen LogP contribution in [0.15, 0.2) is 42.5 Å². The van der Waals surface area contributed by atoms with Crippen molar-refractivity contribution in [3.05, 3.63) is 53.8 Å². The van der Waals surface area contributed by atoms with E-state index in [1.165, 1.54) is 49.8 Å². The van der Waals surface area contributed by atoms with Crippen LogP contribution in [0.5, 0.6) is 5.75 Å². The zero-order valence-electron chi connectivity index (χ0n) is 13.1. The van der Waals surface area contributed by atoms with Gasteiger partial charge in [-0.25, -0.2) is 4.39 Å². The van der Waals surface area contributed by atoms with Crippen LogP contribution in [-0.4, -0.2) is 7.11 Å². The lowest BCUT2D eigenvalue weighted by Gasteiger charge is -2.12. The molecule has 2 aromatic carbocycles. The Morgan fingerprint density at radius 2 is 1.91 bits per heavy atom. The van der Waals surface area contributed by atoms with E-state index in [2.05, 4.69) is 24.3 Å². The minimum Gasteiger partial charge on any atom is -0.496 e. The molecule has 116 valence electrons. The zero-order chi connectivity index (χ0) is 15.4. The summed E-state index contributed by atoms with van der Waals surface area (Å²) in [5.74, 6) is 1.23. The highest BCUT2D eigenvalue weighted by atomic mass is 19.1. The van der Waals surface area contributed by atoms with E-state index in [0.29, 0.717) is 5.75 Å². The Morgan fingerprint density at radius 3 is 2.68 bits per heavy atom. The molecule has 2 aromatic rings. The molecule has 0 aromatic heterocycles. The Bertz CT molecular complexity index is 629.